The van der Waals surface area contributed by atoms with Gasteiger partial charge in [-0.25, -0.2) is 0 Å². The van der Waals surface area contributed by atoms with E-state index in [4.69, 9.17) is 20.8 Å². The molecule has 0 fully saturated rings. The van der Waals surface area contributed by atoms with Crippen LogP contribution in [0, 0.1) is 0 Å². The zero-order valence-corrected chi connectivity index (χ0v) is 23.6. The Balaban J connectivity index is 0.00000342. The number of fused-ring (bicyclic) bond motifs is 1. The Morgan fingerprint density at radius 2 is 1.91 bits per heavy atom. The van der Waals surface area contributed by atoms with Gasteiger partial charge >= 0.3 is 29.6 Å². The summed E-state index contributed by atoms with van der Waals surface area (Å²) in [4.78, 5) is 11.7. The molecular weight excluding hydrogens is 491 g/mol. The van der Waals surface area contributed by atoms with Crippen LogP contribution in [-0.4, -0.2) is 18.3 Å². The number of furan rings is 1. The predicted octanol–water partition coefficient (Wildman–Crippen LogP) is 3.56. The summed E-state index contributed by atoms with van der Waals surface area (Å²) in [7, 11) is 0. The number of halogens is 1. The van der Waals surface area contributed by atoms with Crippen LogP contribution in [0.5, 0.6) is 5.75 Å². The van der Waals surface area contributed by atoms with E-state index in [-0.39, 0.29) is 36.0 Å². The molecule has 0 bridgehead atoms. The number of rotatable bonds is 11. The Labute approximate surface area is 237 Å². The van der Waals surface area contributed by atoms with E-state index in [2.05, 4.69) is 31.2 Å². The van der Waals surface area contributed by atoms with Crippen molar-refractivity contribution in [3.8, 4) is 16.9 Å². The summed E-state index contributed by atoms with van der Waals surface area (Å²) in [6, 6.07) is 19.7. The minimum Gasteiger partial charge on any atom is -0.550 e. The van der Waals surface area contributed by atoms with Gasteiger partial charge in [0, 0.05) is 39.6 Å². The van der Waals surface area contributed by atoms with Crippen LogP contribution >= 0.6 is 23.4 Å². The average Bonchev–Trinajstić information content (AvgIpc) is 3.26. The first-order valence-corrected chi connectivity index (χ1v) is 12.8. The SMILES string of the molecule is CCCc1c(OCCCSc2ccc(CC(=O)[O-])cc2Cl)ccc2c(-c3ccccc3)coc12.[Na+]. The minimum absolute atomic E-state index is 0. The number of carboxylic acid groups (broad SMARTS) is 1. The van der Waals surface area contributed by atoms with Gasteiger partial charge in [0.25, 0.3) is 0 Å². The molecule has 0 aliphatic rings. The van der Waals surface area contributed by atoms with Crippen molar-refractivity contribution in [2.24, 2.45) is 0 Å². The minimum atomic E-state index is -1.11. The molecule has 4 aromatic rings. The Bertz CT molecular complexity index is 1270. The van der Waals surface area contributed by atoms with Crippen molar-refractivity contribution < 1.29 is 48.6 Å². The molecule has 0 atom stereocenters. The number of hydrogen-bond acceptors (Lipinski definition) is 5. The fraction of sp³-hybridized carbons (Fsp3) is 0.250. The van der Waals surface area contributed by atoms with Crippen molar-refractivity contribution in [3.63, 3.8) is 0 Å². The molecule has 35 heavy (non-hydrogen) atoms. The molecule has 7 heteroatoms. The third-order valence-corrected chi connectivity index (χ3v) is 7.12. The van der Waals surface area contributed by atoms with Crippen molar-refractivity contribution in [1.29, 1.82) is 0 Å². The van der Waals surface area contributed by atoms with Crippen LogP contribution in [0.1, 0.15) is 30.9 Å². The van der Waals surface area contributed by atoms with Gasteiger partial charge in [-0.2, -0.15) is 0 Å². The number of hydrogen-bond donors (Lipinski definition) is 0. The number of ether oxygens (including phenoxy) is 1. The van der Waals surface area contributed by atoms with E-state index in [1.54, 1.807) is 23.9 Å². The summed E-state index contributed by atoms with van der Waals surface area (Å²) in [5.41, 5.74) is 4.89. The van der Waals surface area contributed by atoms with Crippen molar-refractivity contribution in [3.05, 3.63) is 83.1 Å². The molecule has 0 N–H and O–H groups in total. The second-order valence-electron chi connectivity index (χ2n) is 8.05. The molecular formula is C28H26ClNaO4S. The molecule has 0 saturated carbocycles. The zero-order chi connectivity index (χ0) is 23.9. The molecule has 4 rings (SSSR count). The summed E-state index contributed by atoms with van der Waals surface area (Å²) in [5, 5.41) is 12.4. The van der Waals surface area contributed by atoms with Crippen LogP contribution in [0.25, 0.3) is 22.1 Å². The molecule has 176 valence electrons. The maximum atomic E-state index is 10.8. The van der Waals surface area contributed by atoms with Crippen LogP contribution in [0.2, 0.25) is 5.02 Å². The topological polar surface area (TPSA) is 62.5 Å². The summed E-state index contributed by atoms with van der Waals surface area (Å²) in [6.45, 7) is 2.74. The molecule has 0 saturated heterocycles. The first-order valence-electron chi connectivity index (χ1n) is 11.4. The Morgan fingerprint density at radius 1 is 1.11 bits per heavy atom. The fourth-order valence-electron chi connectivity index (χ4n) is 3.96. The van der Waals surface area contributed by atoms with Crippen LogP contribution in [0.4, 0.5) is 0 Å². The van der Waals surface area contributed by atoms with Crippen LogP contribution in [0.15, 0.2) is 76.2 Å². The largest absolute Gasteiger partial charge is 1.00 e. The second-order valence-corrected chi connectivity index (χ2v) is 9.59. The Morgan fingerprint density at radius 3 is 2.63 bits per heavy atom. The molecule has 4 nitrogen and oxygen atoms in total. The number of benzene rings is 3. The molecule has 1 aromatic heterocycles. The summed E-state index contributed by atoms with van der Waals surface area (Å²) in [5.74, 6) is 0.599. The molecule has 0 radical (unpaired) electrons. The van der Waals surface area contributed by atoms with Gasteiger partial charge < -0.3 is 19.1 Å². The van der Waals surface area contributed by atoms with Gasteiger partial charge in [-0.05, 0) is 48.2 Å². The molecule has 0 unspecified atom stereocenters. The van der Waals surface area contributed by atoms with E-state index in [0.717, 1.165) is 63.3 Å². The Hall–Kier alpha value is -1.89. The van der Waals surface area contributed by atoms with Crippen molar-refractivity contribution in [2.75, 3.05) is 12.4 Å². The maximum absolute atomic E-state index is 10.8. The molecule has 0 amide bonds. The van der Waals surface area contributed by atoms with E-state index in [0.29, 0.717) is 17.2 Å². The second kappa shape index (κ2) is 13.4. The smallest absolute Gasteiger partial charge is 0.550 e. The normalized spacial score (nSPS) is 10.8. The quantitative estimate of drug-likeness (QED) is 0.173. The summed E-state index contributed by atoms with van der Waals surface area (Å²) < 4.78 is 12.2. The van der Waals surface area contributed by atoms with Gasteiger partial charge in [0.2, 0.25) is 0 Å². The van der Waals surface area contributed by atoms with E-state index < -0.39 is 5.97 Å². The van der Waals surface area contributed by atoms with Gasteiger partial charge in [-0.3, -0.25) is 0 Å². The first kappa shape index (κ1) is 27.7. The van der Waals surface area contributed by atoms with Crippen molar-refractivity contribution in [2.45, 2.75) is 37.5 Å². The third-order valence-electron chi connectivity index (χ3n) is 5.54. The number of aliphatic carboxylic acids is 1. The summed E-state index contributed by atoms with van der Waals surface area (Å²) in [6.07, 6.45) is 4.43. The summed E-state index contributed by atoms with van der Waals surface area (Å²) >= 11 is 7.94. The number of carbonyl (C=O) groups excluding carboxylic acids is 1. The molecule has 1 heterocycles. The predicted molar refractivity (Wildman–Crippen MR) is 137 cm³/mol. The number of aryl methyl sites for hydroxylation is 1. The van der Waals surface area contributed by atoms with Crippen LogP contribution in [-0.2, 0) is 17.6 Å². The molecule has 3 aromatic carbocycles. The van der Waals surface area contributed by atoms with Crippen molar-refractivity contribution >= 4 is 40.3 Å². The van der Waals surface area contributed by atoms with Crippen LogP contribution in [0.3, 0.4) is 0 Å². The molecule has 0 spiro atoms. The number of thioether (sulfide) groups is 1. The maximum Gasteiger partial charge on any atom is 1.00 e. The number of carboxylic acids is 1. The molecule has 0 aliphatic heterocycles. The third kappa shape index (κ3) is 7.08. The van der Waals surface area contributed by atoms with E-state index in [1.165, 1.54) is 0 Å². The van der Waals surface area contributed by atoms with Gasteiger partial charge in [-0.1, -0.05) is 61.3 Å². The van der Waals surface area contributed by atoms with Gasteiger partial charge in [0.15, 0.2) is 0 Å². The van der Waals surface area contributed by atoms with E-state index in [1.807, 2.05) is 30.5 Å². The van der Waals surface area contributed by atoms with Crippen LogP contribution < -0.4 is 39.4 Å². The average molecular weight is 517 g/mol. The Kier molecular flexibility index (Phi) is 10.6. The van der Waals surface area contributed by atoms with Gasteiger partial charge in [0.1, 0.15) is 11.3 Å². The fourth-order valence-corrected chi connectivity index (χ4v) is 5.17. The standard InChI is InChI=1S/C28H27ClO4S.Na/c1-2-7-22-25(12-11-21-23(18-33-28(21)22)20-8-4-3-5-9-20)32-14-6-15-34-26-13-10-19(16-24(26)29)17-27(30)31;/h3-5,8-13,16,18H,2,6-7,14-15,17H2,1H3,(H,30,31);/q;+1/p-1. The van der Waals surface area contributed by atoms with Gasteiger partial charge in [-0.15, -0.1) is 11.8 Å². The number of carbonyl (C=O) groups is 1. The van der Waals surface area contributed by atoms with Crippen molar-refractivity contribution in [1.82, 2.24) is 0 Å². The van der Waals surface area contributed by atoms with E-state index in [9.17, 15) is 9.90 Å². The molecule has 0 aliphatic carbocycles. The first-order chi connectivity index (χ1) is 16.6. The van der Waals surface area contributed by atoms with E-state index >= 15 is 0 Å². The van der Waals surface area contributed by atoms with Gasteiger partial charge in [0.05, 0.1) is 17.9 Å². The monoisotopic (exact) mass is 516 g/mol. The zero-order valence-electron chi connectivity index (χ0n) is 20.0.